The van der Waals surface area contributed by atoms with Crippen LogP contribution in [0, 0.1) is 5.92 Å². The summed E-state index contributed by atoms with van der Waals surface area (Å²) in [5.74, 6) is 1.83. The van der Waals surface area contributed by atoms with Gasteiger partial charge in [0.25, 0.3) is 0 Å². The molecule has 1 saturated heterocycles. The highest BCUT2D eigenvalue weighted by atomic mass is 16.5. The molecule has 2 unspecified atom stereocenters. The summed E-state index contributed by atoms with van der Waals surface area (Å²) in [6.45, 7) is 6.29. The van der Waals surface area contributed by atoms with Crippen molar-refractivity contribution < 1.29 is 9.84 Å². The summed E-state index contributed by atoms with van der Waals surface area (Å²) in [7, 11) is 0. The first-order valence-electron chi connectivity index (χ1n) is 9.63. The zero-order valence-corrected chi connectivity index (χ0v) is 16.1. The fourth-order valence-corrected chi connectivity index (χ4v) is 3.47. The molecule has 1 fully saturated rings. The lowest BCUT2D eigenvalue weighted by molar-refractivity contribution is -0.0203. The average molecular weight is 371 g/mol. The monoisotopic (exact) mass is 371 g/mol. The molecule has 2 aromatic rings. The predicted molar refractivity (Wildman–Crippen MR) is 106 cm³/mol. The molecule has 3 rings (SSSR count). The molecule has 7 heteroatoms. The van der Waals surface area contributed by atoms with E-state index in [0.29, 0.717) is 25.0 Å². The van der Waals surface area contributed by atoms with E-state index in [1.165, 1.54) is 0 Å². The maximum atomic E-state index is 9.46. The number of aliphatic hydroxyl groups excluding tert-OH is 1. The summed E-state index contributed by atoms with van der Waals surface area (Å²) in [5, 5.41) is 13.0. The van der Waals surface area contributed by atoms with Crippen LogP contribution >= 0.6 is 0 Å². The maximum Gasteiger partial charge on any atom is 0.227 e. The number of ether oxygens (including phenoxy) is 1. The molecular weight excluding hydrogens is 342 g/mol. The Morgan fingerprint density at radius 1 is 1.33 bits per heavy atom. The first kappa shape index (κ1) is 19.5. The van der Waals surface area contributed by atoms with Crippen LogP contribution in [-0.4, -0.2) is 52.0 Å². The number of hydrogen-bond acceptors (Lipinski definition) is 7. The first-order chi connectivity index (χ1) is 13.2. The third-order valence-corrected chi connectivity index (χ3v) is 4.75. The Kier molecular flexibility index (Phi) is 6.95. The van der Waals surface area contributed by atoms with Gasteiger partial charge in [0, 0.05) is 38.3 Å². The second kappa shape index (κ2) is 9.62. The normalized spacial score (nSPS) is 19.9. The Hall–Kier alpha value is -2.25. The van der Waals surface area contributed by atoms with Crippen molar-refractivity contribution in [2.24, 2.45) is 5.92 Å². The Balaban J connectivity index is 1.74. The summed E-state index contributed by atoms with van der Waals surface area (Å²) in [6.07, 6.45) is 7.62. The van der Waals surface area contributed by atoms with E-state index < -0.39 is 0 Å². The number of anilines is 2. The fraction of sp³-hybridized carbons (Fsp3) is 0.550. The summed E-state index contributed by atoms with van der Waals surface area (Å²) >= 11 is 0. The molecule has 1 aliphatic heterocycles. The van der Waals surface area contributed by atoms with Crippen molar-refractivity contribution in [2.75, 3.05) is 30.0 Å². The minimum atomic E-state index is 0.0349. The molecule has 1 aliphatic rings. The Bertz CT molecular complexity index is 698. The first-order valence-corrected chi connectivity index (χ1v) is 9.63. The predicted octanol–water partition coefficient (Wildman–Crippen LogP) is 2.49. The summed E-state index contributed by atoms with van der Waals surface area (Å²) in [6, 6.07) is 6.04. The molecule has 0 radical (unpaired) electrons. The van der Waals surface area contributed by atoms with Crippen molar-refractivity contribution in [3.63, 3.8) is 0 Å². The van der Waals surface area contributed by atoms with Crippen LogP contribution in [0.5, 0.6) is 0 Å². The molecule has 0 spiro atoms. The highest BCUT2D eigenvalue weighted by Gasteiger charge is 2.28. The lowest BCUT2D eigenvalue weighted by Gasteiger charge is -2.35. The molecule has 7 nitrogen and oxygen atoms in total. The molecule has 0 saturated carbocycles. The number of rotatable bonds is 8. The quantitative estimate of drug-likeness (QED) is 0.737. The van der Waals surface area contributed by atoms with Crippen LogP contribution < -0.4 is 10.2 Å². The average Bonchev–Trinajstić information content (AvgIpc) is 2.69. The van der Waals surface area contributed by atoms with E-state index in [0.717, 1.165) is 30.8 Å². The molecule has 27 heavy (non-hydrogen) atoms. The number of aromatic nitrogens is 3. The van der Waals surface area contributed by atoms with Crippen molar-refractivity contribution in [3.8, 4) is 0 Å². The van der Waals surface area contributed by atoms with Crippen LogP contribution in [0.15, 0.2) is 36.8 Å². The lowest BCUT2D eigenvalue weighted by atomic mass is 9.94. The number of aliphatic hydroxyl groups is 1. The zero-order valence-electron chi connectivity index (χ0n) is 16.1. The Morgan fingerprint density at radius 3 is 2.96 bits per heavy atom. The molecular formula is C20H29N5O2. The van der Waals surface area contributed by atoms with E-state index in [4.69, 9.17) is 9.72 Å². The Morgan fingerprint density at radius 2 is 2.22 bits per heavy atom. The molecule has 0 aromatic carbocycles. The van der Waals surface area contributed by atoms with E-state index in [1.54, 1.807) is 12.4 Å². The van der Waals surface area contributed by atoms with Gasteiger partial charge in [-0.3, -0.25) is 4.98 Å². The second-order valence-electron chi connectivity index (χ2n) is 7.22. The van der Waals surface area contributed by atoms with E-state index in [9.17, 15) is 5.11 Å². The van der Waals surface area contributed by atoms with E-state index in [-0.39, 0.29) is 18.8 Å². The molecule has 2 aromatic heterocycles. The molecule has 0 bridgehead atoms. The van der Waals surface area contributed by atoms with Crippen LogP contribution in [0.3, 0.4) is 0 Å². The van der Waals surface area contributed by atoms with Gasteiger partial charge < -0.3 is 20.1 Å². The van der Waals surface area contributed by atoms with Crippen molar-refractivity contribution in [1.29, 1.82) is 0 Å². The summed E-state index contributed by atoms with van der Waals surface area (Å²) < 4.78 is 5.96. The largest absolute Gasteiger partial charge is 0.395 e. The van der Waals surface area contributed by atoms with Crippen molar-refractivity contribution in [3.05, 3.63) is 42.4 Å². The molecule has 2 atom stereocenters. The van der Waals surface area contributed by atoms with Gasteiger partial charge in [-0.1, -0.05) is 19.9 Å². The number of nitrogens with zero attached hydrogens (tertiary/aromatic N) is 4. The van der Waals surface area contributed by atoms with Gasteiger partial charge in [0.15, 0.2) is 0 Å². The van der Waals surface area contributed by atoms with Crippen LogP contribution in [0.2, 0.25) is 0 Å². The van der Waals surface area contributed by atoms with Gasteiger partial charge in [-0.05, 0) is 36.5 Å². The number of pyridine rings is 1. The van der Waals surface area contributed by atoms with Gasteiger partial charge in [-0.25, -0.2) is 4.98 Å². The SMILES string of the molecule is CC(C)C1OCCCC1Nc1ccnc(N(CCO)Cc2cccnc2)n1. The Labute approximate surface area is 160 Å². The van der Waals surface area contributed by atoms with Gasteiger partial charge in [-0.15, -0.1) is 0 Å². The smallest absolute Gasteiger partial charge is 0.227 e. The fourth-order valence-electron chi connectivity index (χ4n) is 3.47. The standard InChI is InChI=1S/C20H29N5O2/c1-15(2)19-17(6-4-12-27-19)23-18-7-9-22-20(24-18)25(10-11-26)14-16-5-3-8-21-13-16/h3,5,7-9,13,15,17,19,26H,4,6,10-12,14H2,1-2H3,(H,22,23,24). The van der Waals surface area contributed by atoms with E-state index in [1.807, 2.05) is 29.3 Å². The van der Waals surface area contributed by atoms with Crippen LogP contribution in [0.4, 0.5) is 11.8 Å². The zero-order chi connectivity index (χ0) is 19.1. The van der Waals surface area contributed by atoms with E-state index >= 15 is 0 Å². The molecule has 2 N–H and O–H groups in total. The van der Waals surface area contributed by atoms with Gasteiger partial charge in [0.1, 0.15) is 5.82 Å². The van der Waals surface area contributed by atoms with Gasteiger partial charge in [0.05, 0.1) is 18.8 Å². The minimum Gasteiger partial charge on any atom is -0.395 e. The summed E-state index contributed by atoms with van der Waals surface area (Å²) in [4.78, 5) is 15.2. The van der Waals surface area contributed by atoms with Gasteiger partial charge in [0.2, 0.25) is 5.95 Å². The second-order valence-corrected chi connectivity index (χ2v) is 7.22. The molecule has 146 valence electrons. The van der Waals surface area contributed by atoms with Crippen molar-refractivity contribution in [2.45, 2.75) is 45.4 Å². The van der Waals surface area contributed by atoms with Crippen LogP contribution in [-0.2, 0) is 11.3 Å². The minimum absolute atomic E-state index is 0.0349. The third kappa shape index (κ3) is 5.37. The van der Waals surface area contributed by atoms with Gasteiger partial charge in [-0.2, -0.15) is 4.98 Å². The van der Waals surface area contributed by atoms with Crippen LogP contribution in [0.25, 0.3) is 0 Å². The molecule has 3 heterocycles. The summed E-state index contributed by atoms with van der Waals surface area (Å²) in [5.41, 5.74) is 1.05. The maximum absolute atomic E-state index is 9.46. The number of hydrogen-bond donors (Lipinski definition) is 2. The van der Waals surface area contributed by atoms with Crippen molar-refractivity contribution in [1.82, 2.24) is 15.0 Å². The van der Waals surface area contributed by atoms with E-state index in [2.05, 4.69) is 29.1 Å². The highest BCUT2D eigenvalue weighted by molar-refractivity contribution is 5.42. The lowest BCUT2D eigenvalue weighted by Crippen LogP contribution is -2.43. The topological polar surface area (TPSA) is 83.4 Å². The van der Waals surface area contributed by atoms with Crippen molar-refractivity contribution >= 4 is 11.8 Å². The number of nitrogens with one attached hydrogen (secondary N) is 1. The molecule has 0 amide bonds. The third-order valence-electron chi connectivity index (χ3n) is 4.75. The highest BCUT2D eigenvalue weighted by Crippen LogP contribution is 2.24. The van der Waals surface area contributed by atoms with Gasteiger partial charge >= 0.3 is 0 Å². The molecule has 0 aliphatic carbocycles. The van der Waals surface area contributed by atoms with Crippen LogP contribution in [0.1, 0.15) is 32.3 Å².